The van der Waals surface area contributed by atoms with E-state index in [2.05, 4.69) is 121 Å². The van der Waals surface area contributed by atoms with Crippen LogP contribution in [0.15, 0.2) is 91.3 Å². The van der Waals surface area contributed by atoms with Gasteiger partial charge in [-0.2, -0.15) is 0 Å². The van der Waals surface area contributed by atoms with Crippen molar-refractivity contribution >= 4 is 0 Å². The molecule has 2 heterocycles. The smallest absolute Gasteiger partial charge is 0.201 e. The standard InChI is InChI=1S/C25H24N2/c1-19-22(24-14-7-8-16-26(24)2)12-9-13-23(19)25-18-21(15-17-27(25)3)20-10-5-4-6-11-20/h4-18H,1-3H3/q+2. The van der Waals surface area contributed by atoms with Crippen LogP contribution in [0.3, 0.4) is 0 Å². The van der Waals surface area contributed by atoms with Gasteiger partial charge in [-0.15, -0.1) is 0 Å². The molecule has 0 aliphatic heterocycles. The lowest BCUT2D eigenvalue weighted by atomic mass is 9.95. The van der Waals surface area contributed by atoms with Crippen molar-refractivity contribution < 1.29 is 9.13 Å². The molecule has 0 amide bonds. The van der Waals surface area contributed by atoms with Gasteiger partial charge in [0.05, 0.1) is 0 Å². The molecule has 0 saturated heterocycles. The third-order valence-corrected chi connectivity index (χ3v) is 5.20. The second kappa shape index (κ2) is 7.16. The summed E-state index contributed by atoms with van der Waals surface area (Å²) in [5.41, 5.74) is 8.73. The third-order valence-electron chi connectivity index (χ3n) is 5.20. The number of hydrogen-bond acceptors (Lipinski definition) is 0. The summed E-state index contributed by atoms with van der Waals surface area (Å²) in [7, 11) is 4.20. The van der Waals surface area contributed by atoms with E-state index in [1.54, 1.807) is 0 Å². The monoisotopic (exact) mass is 352 g/mol. The van der Waals surface area contributed by atoms with Gasteiger partial charge < -0.3 is 0 Å². The molecule has 0 N–H and O–H groups in total. The molecule has 0 bridgehead atoms. The highest BCUT2D eigenvalue weighted by Crippen LogP contribution is 2.30. The molecule has 0 aliphatic rings. The van der Waals surface area contributed by atoms with Crippen molar-refractivity contribution in [3.05, 3.63) is 96.8 Å². The maximum Gasteiger partial charge on any atom is 0.213 e. The highest BCUT2D eigenvalue weighted by molar-refractivity contribution is 5.75. The molecule has 27 heavy (non-hydrogen) atoms. The molecule has 4 rings (SSSR count). The predicted molar refractivity (Wildman–Crippen MR) is 110 cm³/mol. The van der Waals surface area contributed by atoms with Gasteiger partial charge in [0.2, 0.25) is 11.4 Å². The van der Waals surface area contributed by atoms with Crippen LogP contribution in [-0.2, 0) is 14.1 Å². The Morgan fingerprint density at radius 3 is 1.96 bits per heavy atom. The average molecular weight is 352 g/mol. The lowest BCUT2D eigenvalue weighted by Gasteiger charge is -2.10. The van der Waals surface area contributed by atoms with Gasteiger partial charge in [-0.05, 0) is 41.8 Å². The molecular weight excluding hydrogens is 328 g/mol. The Bertz CT molecular complexity index is 1100. The molecule has 2 aromatic carbocycles. The predicted octanol–water partition coefficient (Wildman–Crippen LogP) is 4.65. The first kappa shape index (κ1) is 17.2. The van der Waals surface area contributed by atoms with E-state index in [9.17, 15) is 0 Å². The largest absolute Gasteiger partial charge is 0.213 e. The van der Waals surface area contributed by atoms with Crippen LogP contribution in [0.2, 0.25) is 0 Å². The van der Waals surface area contributed by atoms with Crippen molar-refractivity contribution in [2.45, 2.75) is 6.92 Å². The highest BCUT2D eigenvalue weighted by atomic mass is 14.9. The summed E-state index contributed by atoms with van der Waals surface area (Å²) in [6.07, 6.45) is 4.24. The van der Waals surface area contributed by atoms with E-state index in [0.717, 1.165) is 0 Å². The quantitative estimate of drug-likeness (QED) is 0.474. The second-order valence-corrected chi connectivity index (χ2v) is 6.95. The first-order valence-electron chi connectivity index (χ1n) is 9.25. The number of benzene rings is 2. The van der Waals surface area contributed by atoms with Crippen LogP contribution in [0, 0.1) is 6.92 Å². The van der Waals surface area contributed by atoms with E-state index in [1.165, 1.54) is 39.2 Å². The fourth-order valence-electron chi connectivity index (χ4n) is 3.64. The lowest BCUT2D eigenvalue weighted by molar-refractivity contribution is -0.660. The molecule has 0 radical (unpaired) electrons. The zero-order valence-corrected chi connectivity index (χ0v) is 16.1. The van der Waals surface area contributed by atoms with Gasteiger partial charge >= 0.3 is 0 Å². The molecule has 0 aliphatic carbocycles. The normalized spacial score (nSPS) is 10.8. The van der Waals surface area contributed by atoms with Gasteiger partial charge in [-0.25, -0.2) is 9.13 Å². The van der Waals surface area contributed by atoms with E-state index in [-0.39, 0.29) is 0 Å². The number of hydrogen-bond donors (Lipinski definition) is 0. The lowest BCUT2D eigenvalue weighted by Crippen LogP contribution is -2.31. The summed E-state index contributed by atoms with van der Waals surface area (Å²) in [4.78, 5) is 0. The van der Waals surface area contributed by atoms with E-state index in [0.29, 0.717) is 0 Å². The molecule has 0 fully saturated rings. The SMILES string of the molecule is Cc1c(-c2cccc[n+]2C)cccc1-c1cc(-c2ccccc2)cc[n+]1C. The van der Waals surface area contributed by atoms with Crippen LogP contribution in [0.5, 0.6) is 0 Å². The summed E-state index contributed by atoms with van der Waals surface area (Å²) < 4.78 is 4.37. The molecule has 2 heteroatoms. The summed E-state index contributed by atoms with van der Waals surface area (Å²) in [5.74, 6) is 0. The minimum absolute atomic E-state index is 1.22. The van der Waals surface area contributed by atoms with Gasteiger partial charge in [-0.3, -0.25) is 0 Å². The maximum absolute atomic E-state index is 2.28. The van der Waals surface area contributed by atoms with Crippen LogP contribution in [0.4, 0.5) is 0 Å². The van der Waals surface area contributed by atoms with E-state index >= 15 is 0 Å². The van der Waals surface area contributed by atoms with Gasteiger partial charge in [-0.1, -0.05) is 36.4 Å². The van der Waals surface area contributed by atoms with Crippen LogP contribution in [0.1, 0.15) is 5.56 Å². The van der Waals surface area contributed by atoms with Crippen molar-refractivity contribution in [1.29, 1.82) is 0 Å². The van der Waals surface area contributed by atoms with Crippen LogP contribution in [0.25, 0.3) is 33.6 Å². The Morgan fingerprint density at radius 1 is 0.556 bits per heavy atom. The molecule has 4 aromatic rings. The number of aryl methyl sites for hydroxylation is 2. The van der Waals surface area contributed by atoms with Gasteiger partial charge in [0.1, 0.15) is 14.1 Å². The third kappa shape index (κ3) is 3.26. The van der Waals surface area contributed by atoms with Crippen LogP contribution >= 0.6 is 0 Å². The fraction of sp³-hybridized carbons (Fsp3) is 0.120. The Balaban J connectivity index is 1.88. The highest BCUT2D eigenvalue weighted by Gasteiger charge is 2.19. The molecular formula is C25H24N2+2. The van der Waals surface area contributed by atoms with Gasteiger partial charge in [0.25, 0.3) is 0 Å². The number of pyridine rings is 2. The van der Waals surface area contributed by atoms with Crippen LogP contribution < -0.4 is 9.13 Å². The minimum Gasteiger partial charge on any atom is -0.201 e. The first-order chi connectivity index (χ1) is 13.1. The number of aromatic nitrogens is 2. The fourth-order valence-corrected chi connectivity index (χ4v) is 3.64. The Hall–Kier alpha value is -3.26. The summed E-state index contributed by atoms with van der Waals surface area (Å²) >= 11 is 0. The molecule has 2 aromatic heterocycles. The molecule has 0 unspecified atom stereocenters. The van der Waals surface area contributed by atoms with Crippen LogP contribution in [-0.4, -0.2) is 0 Å². The molecule has 2 nitrogen and oxygen atoms in total. The Kier molecular flexibility index (Phi) is 4.55. The Labute approximate surface area is 161 Å². The van der Waals surface area contributed by atoms with Crippen molar-refractivity contribution in [1.82, 2.24) is 0 Å². The molecule has 0 spiro atoms. The molecule has 0 atom stereocenters. The van der Waals surface area contributed by atoms with E-state index < -0.39 is 0 Å². The topological polar surface area (TPSA) is 7.76 Å². The van der Waals surface area contributed by atoms with Crippen molar-refractivity contribution in [2.24, 2.45) is 14.1 Å². The molecule has 132 valence electrons. The first-order valence-corrected chi connectivity index (χ1v) is 9.25. The second-order valence-electron chi connectivity index (χ2n) is 6.95. The van der Waals surface area contributed by atoms with Crippen molar-refractivity contribution in [3.63, 3.8) is 0 Å². The maximum atomic E-state index is 2.28. The summed E-state index contributed by atoms with van der Waals surface area (Å²) in [6, 6.07) is 27.9. The summed E-state index contributed by atoms with van der Waals surface area (Å²) in [5, 5.41) is 0. The average Bonchev–Trinajstić information content (AvgIpc) is 2.70. The summed E-state index contributed by atoms with van der Waals surface area (Å²) in [6.45, 7) is 2.22. The zero-order valence-electron chi connectivity index (χ0n) is 16.1. The zero-order chi connectivity index (χ0) is 18.8. The van der Waals surface area contributed by atoms with Gasteiger partial charge in [0, 0.05) is 35.4 Å². The van der Waals surface area contributed by atoms with Crippen molar-refractivity contribution in [3.8, 4) is 33.6 Å². The van der Waals surface area contributed by atoms with E-state index in [4.69, 9.17) is 0 Å². The Morgan fingerprint density at radius 2 is 1.22 bits per heavy atom. The van der Waals surface area contributed by atoms with Gasteiger partial charge in [0.15, 0.2) is 12.4 Å². The minimum atomic E-state index is 1.22. The van der Waals surface area contributed by atoms with E-state index in [1.807, 2.05) is 0 Å². The number of rotatable bonds is 3. The molecule has 0 saturated carbocycles. The van der Waals surface area contributed by atoms with Crippen molar-refractivity contribution in [2.75, 3.05) is 0 Å². The number of nitrogens with zero attached hydrogens (tertiary/aromatic N) is 2.